The number of hydrogen-bond donors (Lipinski definition) is 0. The SMILES string of the molecule is Cc1cccc(OCCC(=O)N(C)[C@@H](C)c2cccc([N+](=O)[O-])c2)c1C. The molecular formula is C20H24N2O4. The summed E-state index contributed by atoms with van der Waals surface area (Å²) in [5, 5.41) is 10.9. The third-order valence-electron chi connectivity index (χ3n) is 4.67. The van der Waals surface area contributed by atoms with Crippen molar-refractivity contribution in [2.75, 3.05) is 13.7 Å². The third kappa shape index (κ3) is 4.59. The van der Waals surface area contributed by atoms with Crippen LogP contribution in [0.15, 0.2) is 42.5 Å². The first kappa shape index (κ1) is 19.4. The Morgan fingerprint density at radius 2 is 1.92 bits per heavy atom. The van der Waals surface area contributed by atoms with E-state index in [0.717, 1.165) is 22.4 Å². The minimum atomic E-state index is -0.434. The van der Waals surface area contributed by atoms with Crippen LogP contribution in [0.4, 0.5) is 5.69 Å². The van der Waals surface area contributed by atoms with Gasteiger partial charge in [0.25, 0.3) is 5.69 Å². The number of hydrogen-bond acceptors (Lipinski definition) is 4. The summed E-state index contributed by atoms with van der Waals surface area (Å²) in [6, 6.07) is 11.9. The van der Waals surface area contributed by atoms with Gasteiger partial charge in [-0.2, -0.15) is 0 Å². The minimum absolute atomic E-state index is 0.0217. The summed E-state index contributed by atoms with van der Waals surface area (Å²) in [5.74, 6) is 0.710. The van der Waals surface area contributed by atoms with Crippen molar-refractivity contribution in [1.82, 2.24) is 4.90 Å². The van der Waals surface area contributed by atoms with E-state index in [1.54, 1.807) is 24.1 Å². The highest BCUT2D eigenvalue weighted by atomic mass is 16.6. The zero-order chi connectivity index (χ0) is 19.3. The standard InChI is InChI=1S/C20H24N2O4/c1-14-7-5-10-19(15(14)2)26-12-11-20(23)21(4)16(3)17-8-6-9-18(13-17)22(24)25/h5-10,13,16H,11-12H2,1-4H3/t16-/m0/s1. The molecule has 0 N–H and O–H groups in total. The zero-order valence-corrected chi connectivity index (χ0v) is 15.6. The molecule has 6 nitrogen and oxygen atoms in total. The molecule has 0 radical (unpaired) electrons. The van der Waals surface area contributed by atoms with Gasteiger partial charge in [-0.15, -0.1) is 0 Å². The second kappa shape index (κ2) is 8.47. The van der Waals surface area contributed by atoms with Crippen LogP contribution in [0.5, 0.6) is 5.75 Å². The minimum Gasteiger partial charge on any atom is -0.493 e. The van der Waals surface area contributed by atoms with Crippen LogP contribution in [0.25, 0.3) is 0 Å². The van der Waals surface area contributed by atoms with E-state index in [9.17, 15) is 14.9 Å². The number of nitro benzene ring substituents is 1. The fraction of sp³-hybridized carbons (Fsp3) is 0.350. The van der Waals surface area contributed by atoms with Crippen LogP contribution in [-0.4, -0.2) is 29.4 Å². The first-order chi connectivity index (χ1) is 12.3. The van der Waals surface area contributed by atoms with Crippen molar-refractivity contribution >= 4 is 11.6 Å². The molecule has 1 amide bonds. The van der Waals surface area contributed by atoms with Crippen molar-refractivity contribution in [2.24, 2.45) is 0 Å². The van der Waals surface area contributed by atoms with Gasteiger partial charge in [-0.05, 0) is 43.5 Å². The molecule has 2 aromatic rings. The van der Waals surface area contributed by atoms with Gasteiger partial charge < -0.3 is 9.64 Å². The van der Waals surface area contributed by atoms with Gasteiger partial charge in [0.05, 0.1) is 24.0 Å². The summed E-state index contributed by atoms with van der Waals surface area (Å²) in [6.07, 6.45) is 0.239. The average Bonchev–Trinajstić information content (AvgIpc) is 2.63. The summed E-state index contributed by atoms with van der Waals surface area (Å²) in [7, 11) is 1.70. The monoisotopic (exact) mass is 356 g/mol. The predicted molar refractivity (Wildman–Crippen MR) is 100 cm³/mol. The smallest absolute Gasteiger partial charge is 0.269 e. The van der Waals surface area contributed by atoms with Crippen LogP contribution in [0.2, 0.25) is 0 Å². The van der Waals surface area contributed by atoms with Crippen molar-refractivity contribution in [3.8, 4) is 5.75 Å². The number of carbonyl (C=O) groups excluding carboxylic acids is 1. The fourth-order valence-electron chi connectivity index (χ4n) is 2.64. The van der Waals surface area contributed by atoms with Gasteiger partial charge >= 0.3 is 0 Å². The fourth-order valence-corrected chi connectivity index (χ4v) is 2.64. The highest BCUT2D eigenvalue weighted by Gasteiger charge is 2.19. The third-order valence-corrected chi connectivity index (χ3v) is 4.67. The Kier molecular flexibility index (Phi) is 6.33. The van der Waals surface area contributed by atoms with Gasteiger partial charge in [-0.1, -0.05) is 24.3 Å². The molecule has 6 heteroatoms. The first-order valence-electron chi connectivity index (χ1n) is 8.50. The Labute approximate surface area is 153 Å². The van der Waals surface area contributed by atoms with E-state index in [2.05, 4.69) is 0 Å². The van der Waals surface area contributed by atoms with Crippen molar-refractivity contribution < 1.29 is 14.5 Å². The van der Waals surface area contributed by atoms with Gasteiger partial charge in [0.15, 0.2) is 0 Å². The molecule has 0 aliphatic heterocycles. The number of carbonyl (C=O) groups is 1. The lowest BCUT2D eigenvalue weighted by atomic mass is 10.1. The number of amides is 1. The second-order valence-electron chi connectivity index (χ2n) is 6.33. The van der Waals surface area contributed by atoms with Crippen LogP contribution >= 0.6 is 0 Å². The summed E-state index contributed by atoms with van der Waals surface area (Å²) >= 11 is 0. The maximum absolute atomic E-state index is 12.4. The number of non-ortho nitro benzene ring substituents is 1. The van der Waals surface area contributed by atoms with Gasteiger partial charge in [-0.25, -0.2) is 0 Å². The highest BCUT2D eigenvalue weighted by molar-refractivity contribution is 5.76. The number of ether oxygens (including phenoxy) is 1. The molecule has 0 saturated heterocycles. The molecule has 2 rings (SSSR count). The molecule has 0 aliphatic rings. The normalized spacial score (nSPS) is 11.7. The van der Waals surface area contributed by atoms with Crippen LogP contribution < -0.4 is 4.74 Å². The van der Waals surface area contributed by atoms with E-state index >= 15 is 0 Å². The lowest BCUT2D eigenvalue weighted by Gasteiger charge is -2.25. The summed E-state index contributed by atoms with van der Waals surface area (Å²) in [5.41, 5.74) is 2.96. The van der Waals surface area contributed by atoms with Gasteiger partial charge in [-0.3, -0.25) is 14.9 Å². The largest absolute Gasteiger partial charge is 0.493 e. The number of nitro groups is 1. The van der Waals surface area contributed by atoms with Crippen molar-refractivity contribution in [2.45, 2.75) is 33.2 Å². The molecule has 0 fully saturated rings. The second-order valence-corrected chi connectivity index (χ2v) is 6.33. The van der Waals surface area contributed by atoms with Crippen molar-refractivity contribution in [1.29, 1.82) is 0 Å². The van der Waals surface area contributed by atoms with Crippen LogP contribution in [0, 0.1) is 24.0 Å². The quantitative estimate of drug-likeness (QED) is 0.550. The molecular weight excluding hydrogens is 332 g/mol. The maximum Gasteiger partial charge on any atom is 0.269 e. The zero-order valence-electron chi connectivity index (χ0n) is 15.6. The number of rotatable bonds is 7. The number of aryl methyl sites for hydroxylation is 1. The topological polar surface area (TPSA) is 72.7 Å². The molecule has 0 aromatic heterocycles. The Morgan fingerprint density at radius 3 is 2.62 bits per heavy atom. The molecule has 0 heterocycles. The molecule has 0 bridgehead atoms. The lowest BCUT2D eigenvalue weighted by Crippen LogP contribution is -2.30. The van der Waals surface area contributed by atoms with Crippen molar-refractivity contribution in [3.63, 3.8) is 0 Å². The molecule has 0 saturated carbocycles. The Morgan fingerprint density at radius 1 is 1.23 bits per heavy atom. The van der Waals surface area contributed by atoms with E-state index in [-0.39, 0.29) is 30.7 Å². The molecule has 138 valence electrons. The van der Waals surface area contributed by atoms with Crippen LogP contribution in [-0.2, 0) is 4.79 Å². The lowest BCUT2D eigenvalue weighted by molar-refractivity contribution is -0.384. The molecule has 0 unspecified atom stereocenters. The molecule has 0 aliphatic carbocycles. The summed E-state index contributed by atoms with van der Waals surface area (Å²) in [4.78, 5) is 24.5. The Bertz CT molecular complexity index is 804. The number of nitrogens with zero attached hydrogens (tertiary/aromatic N) is 2. The van der Waals surface area contributed by atoms with Gasteiger partial charge in [0, 0.05) is 19.2 Å². The molecule has 0 spiro atoms. The van der Waals surface area contributed by atoms with E-state index in [4.69, 9.17) is 4.74 Å². The van der Waals surface area contributed by atoms with E-state index in [1.807, 2.05) is 39.0 Å². The molecule has 1 atom stereocenters. The highest BCUT2D eigenvalue weighted by Crippen LogP contribution is 2.24. The Balaban J connectivity index is 1.95. The van der Waals surface area contributed by atoms with Crippen LogP contribution in [0.1, 0.15) is 36.1 Å². The van der Waals surface area contributed by atoms with Gasteiger partial charge in [0.1, 0.15) is 5.75 Å². The van der Waals surface area contributed by atoms with Crippen molar-refractivity contribution in [3.05, 3.63) is 69.3 Å². The van der Waals surface area contributed by atoms with E-state index < -0.39 is 4.92 Å². The first-order valence-corrected chi connectivity index (χ1v) is 8.50. The molecule has 2 aromatic carbocycles. The predicted octanol–water partition coefficient (Wildman–Crippen LogP) is 4.20. The van der Waals surface area contributed by atoms with Crippen LogP contribution in [0.3, 0.4) is 0 Å². The summed E-state index contributed by atoms with van der Waals surface area (Å²) < 4.78 is 5.74. The Hall–Kier alpha value is -2.89. The molecule has 26 heavy (non-hydrogen) atoms. The van der Waals surface area contributed by atoms with E-state index in [0.29, 0.717) is 0 Å². The van der Waals surface area contributed by atoms with Gasteiger partial charge in [0.2, 0.25) is 5.91 Å². The number of benzene rings is 2. The maximum atomic E-state index is 12.4. The van der Waals surface area contributed by atoms with E-state index in [1.165, 1.54) is 12.1 Å². The summed E-state index contributed by atoms with van der Waals surface area (Å²) in [6.45, 7) is 6.14. The average molecular weight is 356 g/mol.